The third kappa shape index (κ3) is 2.03. The summed E-state index contributed by atoms with van der Waals surface area (Å²) in [5, 5.41) is 2.80. The van der Waals surface area contributed by atoms with E-state index in [0.29, 0.717) is 0 Å². The lowest BCUT2D eigenvalue weighted by Crippen LogP contribution is -2.08. The highest BCUT2D eigenvalue weighted by Crippen LogP contribution is 2.15. The summed E-state index contributed by atoms with van der Waals surface area (Å²) in [4.78, 5) is 4.11. The summed E-state index contributed by atoms with van der Waals surface area (Å²) >= 11 is 1.56. The first-order chi connectivity index (χ1) is 6.86. The number of anilines is 2. The van der Waals surface area contributed by atoms with Gasteiger partial charge < -0.3 is 0 Å². The number of hydrogen-bond donors (Lipinski definition) is 2. The Morgan fingerprint density at radius 3 is 2.79 bits per heavy atom. The van der Waals surface area contributed by atoms with Gasteiger partial charge in [0.15, 0.2) is 0 Å². The van der Waals surface area contributed by atoms with Gasteiger partial charge in [0.05, 0.1) is 5.69 Å². The fourth-order valence-electron chi connectivity index (χ4n) is 1.12. The molecule has 72 valence electrons. The zero-order valence-electron chi connectivity index (χ0n) is 7.82. The minimum atomic E-state index is 0.869. The van der Waals surface area contributed by atoms with E-state index in [4.69, 9.17) is 0 Å². The van der Waals surface area contributed by atoms with Crippen LogP contribution in [0.1, 0.15) is 5.56 Å². The van der Waals surface area contributed by atoms with E-state index in [-0.39, 0.29) is 0 Å². The topological polar surface area (TPSA) is 37.0 Å². The Hall–Kier alpha value is -1.55. The number of hydrogen-bond acceptors (Lipinski definition) is 4. The molecule has 0 bridgehead atoms. The largest absolute Gasteiger partial charge is 0.299 e. The molecule has 0 aliphatic rings. The van der Waals surface area contributed by atoms with Crippen LogP contribution in [0.2, 0.25) is 0 Å². The zero-order chi connectivity index (χ0) is 9.80. The van der Waals surface area contributed by atoms with Crippen molar-refractivity contribution in [2.75, 3.05) is 10.9 Å². The van der Waals surface area contributed by atoms with Crippen molar-refractivity contribution in [2.24, 2.45) is 0 Å². The van der Waals surface area contributed by atoms with Gasteiger partial charge in [-0.2, -0.15) is 0 Å². The van der Waals surface area contributed by atoms with Gasteiger partial charge in [0.1, 0.15) is 0 Å². The Morgan fingerprint density at radius 1 is 1.21 bits per heavy atom. The van der Waals surface area contributed by atoms with Crippen molar-refractivity contribution < 1.29 is 0 Å². The molecule has 0 aliphatic heterocycles. The summed E-state index contributed by atoms with van der Waals surface area (Å²) in [5.41, 5.74) is 8.43. The maximum atomic E-state index is 4.11. The molecule has 2 rings (SSSR count). The first-order valence-corrected chi connectivity index (χ1v) is 5.21. The second kappa shape index (κ2) is 4.11. The van der Waals surface area contributed by atoms with Crippen molar-refractivity contribution in [1.82, 2.24) is 4.98 Å². The molecule has 0 radical (unpaired) electrons. The van der Waals surface area contributed by atoms with Crippen molar-refractivity contribution in [3.05, 3.63) is 41.4 Å². The minimum Gasteiger partial charge on any atom is -0.299 e. The Morgan fingerprint density at radius 2 is 2.07 bits per heavy atom. The maximum absolute atomic E-state index is 4.11. The van der Waals surface area contributed by atoms with Gasteiger partial charge in [0, 0.05) is 11.6 Å². The minimum absolute atomic E-state index is 0.869. The summed E-state index contributed by atoms with van der Waals surface area (Å²) in [6.07, 6.45) is 1.77. The van der Waals surface area contributed by atoms with Crippen LogP contribution in [-0.2, 0) is 0 Å². The van der Waals surface area contributed by atoms with E-state index < -0.39 is 0 Å². The summed E-state index contributed by atoms with van der Waals surface area (Å²) in [7, 11) is 0. The van der Waals surface area contributed by atoms with Gasteiger partial charge in [-0.1, -0.05) is 18.2 Å². The van der Waals surface area contributed by atoms with Crippen molar-refractivity contribution in [2.45, 2.75) is 6.92 Å². The first kappa shape index (κ1) is 9.02. The molecule has 1 heterocycles. The number of hydrazine groups is 1. The predicted octanol–water partition coefficient (Wildman–Crippen LogP) is 2.89. The van der Waals surface area contributed by atoms with E-state index in [1.807, 2.05) is 23.6 Å². The number of rotatable bonds is 3. The average molecular weight is 205 g/mol. The van der Waals surface area contributed by atoms with Crippen LogP contribution >= 0.6 is 11.3 Å². The van der Waals surface area contributed by atoms with Gasteiger partial charge in [0.2, 0.25) is 5.13 Å². The molecule has 0 atom stereocenters. The molecule has 0 saturated carbocycles. The van der Waals surface area contributed by atoms with Gasteiger partial charge in [-0.3, -0.25) is 10.9 Å². The van der Waals surface area contributed by atoms with Crippen LogP contribution < -0.4 is 10.9 Å². The molecular formula is C10H11N3S. The zero-order valence-corrected chi connectivity index (χ0v) is 8.64. The van der Waals surface area contributed by atoms with Crippen LogP contribution in [0.5, 0.6) is 0 Å². The van der Waals surface area contributed by atoms with Crippen LogP contribution in [-0.4, -0.2) is 4.98 Å². The van der Waals surface area contributed by atoms with Gasteiger partial charge in [-0.25, -0.2) is 4.98 Å². The smallest absolute Gasteiger partial charge is 0.201 e. The van der Waals surface area contributed by atoms with E-state index in [2.05, 4.69) is 28.8 Å². The van der Waals surface area contributed by atoms with Crippen molar-refractivity contribution in [3.63, 3.8) is 0 Å². The Balaban J connectivity index is 2.02. The molecule has 0 spiro atoms. The molecule has 1 aromatic carbocycles. The van der Waals surface area contributed by atoms with Crippen molar-refractivity contribution in [1.29, 1.82) is 0 Å². The number of nitrogens with zero attached hydrogens (tertiary/aromatic N) is 1. The molecule has 3 nitrogen and oxygen atoms in total. The second-order valence-electron chi connectivity index (χ2n) is 2.90. The Kier molecular flexibility index (Phi) is 2.65. The highest BCUT2D eigenvalue weighted by atomic mass is 32.1. The molecule has 1 aromatic heterocycles. The van der Waals surface area contributed by atoms with Crippen LogP contribution in [0.25, 0.3) is 0 Å². The van der Waals surface area contributed by atoms with Gasteiger partial charge in [-0.05, 0) is 18.6 Å². The quantitative estimate of drug-likeness (QED) is 0.756. The van der Waals surface area contributed by atoms with Crippen molar-refractivity contribution in [3.8, 4) is 0 Å². The number of aryl methyl sites for hydroxylation is 1. The average Bonchev–Trinajstić information content (AvgIpc) is 2.69. The lowest BCUT2D eigenvalue weighted by atomic mass is 10.2. The Bertz CT molecular complexity index is 398. The summed E-state index contributed by atoms with van der Waals surface area (Å²) < 4.78 is 0. The SMILES string of the molecule is Cc1ccccc1NNc1nccs1. The van der Waals surface area contributed by atoms with E-state index in [0.717, 1.165) is 10.8 Å². The lowest BCUT2D eigenvalue weighted by Gasteiger charge is -2.08. The molecule has 0 amide bonds. The third-order valence-corrected chi connectivity index (χ3v) is 2.57. The molecule has 2 aromatic rings. The molecule has 0 aliphatic carbocycles. The standard InChI is InChI=1S/C10H11N3S/c1-8-4-2-3-5-9(8)12-13-10-11-6-7-14-10/h2-7,12H,1H3,(H,11,13). The highest BCUT2D eigenvalue weighted by Gasteiger charge is 1.96. The number of aromatic nitrogens is 1. The normalized spacial score (nSPS) is 9.79. The van der Waals surface area contributed by atoms with Gasteiger partial charge >= 0.3 is 0 Å². The number of para-hydroxylation sites is 1. The predicted molar refractivity (Wildman–Crippen MR) is 60.5 cm³/mol. The third-order valence-electron chi connectivity index (χ3n) is 1.88. The molecule has 2 N–H and O–H groups in total. The first-order valence-electron chi connectivity index (χ1n) is 4.33. The summed E-state index contributed by atoms with van der Waals surface area (Å²) in [6, 6.07) is 8.10. The maximum Gasteiger partial charge on any atom is 0.201 e. The van der Waals surface area contributed by atoms with Crippen LogP contribution in [0.4, 0.5) is 10.8 Å². The molecule has 14 heavy (non-hydrogen) atoms. The molecule has 4 heteroatoms. The highest BCUT2D eigenvalue weighted by molar-refractivity contribution is 7.13. The van der Waals surface area contributed by atoms with Crippen LogP contribution in [0, 0.1) is 6.92 Å². The molecular weight excluding hydrogens is 194 g/mol. The Labute approximate surface area is 86.8 Å². The summed E-state index contributed by atoms with van der Waals surface area (Å²) in [6.45, 7) is 2.06. The fourth-order valence-corrected chi connectivity index (χ4v) is 1.60. The molecule has 0 fully saturated rings. The molecule has 0 unspecified atom stereocenters. The lowest BCUT2D eigenvalue weighted by molar-refractivity contribution is 1.31. The van der Waals surface area contributed by atoms with E-state index in [1.165, 1.54) is 5.56 Å². The van der Waals surface area contributed by atoms with Gasteiger partial charge in [-0.15, -0.1) is 11.3 Å². The summed E-state index contributed by atoms with van der Waals surface area (Å²) in [5.74, 6) is 0. The van der Waals surface area contributed by atoms with Crippen LogP contribution in [0.15, 0.2) is 35.8 Å². The second-order valence-corrected chi connectivity index (χ2v) is 3.80. The fraction of sp³-hybridized carbons (Fsp3) is 0.100. The number of thiazole rings is 1. The van der Waals surface area contributed by atoms with Crippen molar-refractivity contribution >= 4 is 22.2 Å². The number of benzene rings is 1. The monoisotopic (exact) mass is 205 g/mol. The van der Waals surface area contributed by atoms with E-state index in [1.54, 1.807) is 17.5 Å². The van der Waals surface area contributed by atoms with Crippen LogP contribution in [0.3, 0.4) is 0 Å². The van der Waals surface area contributed by atoms with Gasteiger partial charge in [0.25, 0.3) is 0 Å². The van der Waals surface area contributed by atoms with E-state index >= 15 is 0 Å². The molecule has 0 saturated heterocycles. The van der Waals surface area contributed by atoms with E-state index in [9.17, 15) is 0 Å². The number of nitrogens with one attached hydrogen (secondary N) is 2.